The average Bonchev–Trinajstić information content (AvgIpc) is 3.52. The van der Waals surface area contributed by atoms with Gasteiger partial charge in [0.05, 0.1) is 23.0 Å². The number of carbonyl (C=O) groups excluding carboxylic acids is 2. The molecule has 0 aromatic carbocycles. The smallest absolute Gasteiger partial charge is 0.309 e. The van der Waals surface area contributed by atoms with Gasteiger partial charge >= 0.3 is 5.97 Å². The van der Waals surface area contributed by atoms with Crippen LogP contribution in [0, 0.1) is 40.4 Å². The van der Waals surface area contributed by atoms with Gasteiger partial charge in [0.1, 0.15) is 23.4 Å². The third kappa shape index (κ3) is 2.66. The Morgan fingerprint density at radius 2 is 1.80 bits per heavy atom. The molecule has 0 aromatic rings. The van der Waals surface area contributed by atoms with Gasteiger partial charge in [0.25, 0.3) is 0 Å². The summed E-state index contributed by atoms with van der Waals surface area (Å²) in [6, 6.07) is 0. The highest BCUT2D eigenvalue weighted by molar-refractivity contribution is 5.97. The van der Waals surface area contributed by atoms with Crippen molar-refractivity contribution < 1.29 is 34.4 Å². The lowest BCUT2D eigenvalue weighted by atomic mass is 9.42. The second-order valence-electron chi connectivity index (χ2n) is 13.4. The highest BCUT2D eigenvalue weighted by atomic mass is 16.6. The maximum absolute atomic E-state index is 13.3. The third-order valence-electron chi connectivity index (χ3n) is 12.2. The lowest BCUT2D eigenvalue weighted by molar-refractivity contribution is -0.241. The van der Waals surface area contributed by atoms with Crippen LogP contribution in [0.1, 0.15) is 73.1 Å². The van der Waals surface area contributed by atoms with Crippen LogP contribution in [-0.2, 0) is 19.1 Å². The fourth-order valence-corrected chi connectivity index (χ4v) is 9.55. The number of hydrogen-bond acceptors (Lipinski definition) is 7. The summed E-state index contributed by atoms with van der Waals surface area (Å²) in [5, 5.41) is 36.2. The van der Waals surface area contributed by atoms with Crippen LogP contribution < -0.4 is 0 Å². The number of rotatable bonds is 2. The Kier molecular flexibility index (Phi) is 4.80. The van der Waals surface area contributed by atoms with Crippen molar-refractivity contribution in [3.63, 3.8) is 0 Å². The predicted octanol–water partition coefficient (Wildman–Crippen LogP) is 2.55. The first kappa shape index (κ1) is 24.1. The molecule has 35 heavy (non-hydrogen) atoms. The fraction of sp³-hybridized carbons (Fsp3) is 0.857. The van der Waals surface area contributed by atoms with Gasteiger partial charge in [0.2, 0.25) is 0 Å². The molecule has 13 atom stereocenters. The summed E-state index contributed by atoms with van der Waals surface area (Å²) in [6.45, 7) is 9.60. The first-order valence-electron chi connectivity index (χ1n) is 13.5. The van der Waals surface area contributed by atoms with Crippen LogP contribution in [0.3, 0.4) is 0 Å². The summed E-state index contributed by atoms with van der Waals surface area (Å²) >= 11 is 0. The molecule has 7 heteroatoms. The van der Waals surface area contributed by atoms with E-state index in [0.717, 1.165) is 0 Å². The van der Waals surface area contributed by atoms with Crippen LogP contribution in [0.15, 0.2) is 12.2 Å². The number of cyclic esters (lactones) is 1. The quantitative estimate of drug-likeness (QED) is 0.404. The van der Waals surface area contributed by atoms with Gasteiger partial charge in [-0.1, -0.05) is 26.8 Å². The number of carbonyl (C=O) groups is 2. The molecule has 194 valence electrons. The Morgan fingerprint density at radius 3 is 2.49 bits per heavy atom. The Bertz CT molecular complexity index is 1010. The van der Waals surface area contributed by atoms with E-state index in [4.69, 9.17) is 9.47 Å². The lowest BCUT2D eigenvalue weighted by Gasteiger charge is -2.63. The van der Waals surface area contributed by atoms with Gasteiger partial charge in [-0.05, 0) is 76.2 Å². The number of ether oxygens (including phenoxy) is 2. The van der Waals surface area contributed by atoms with Gasteiger partial charge in [-0.2, -0.15) is 0 Å². The van der Waals surface area contributed by atoms with E-state index in [2.05, 4.69) is 6.92 Å². The molecule has 4 aliphatic carbocycles. The molecular formula is C28H40O7. The lowest BCUT2D eigenvalue weighted by Crippen LogP contribution is -2.72. The van der Waals surface area contributed by atoms with Crippen molar-refractivity contribution in [1.29, 1.82) is 0 Å². The van der Waals surface area contributed by atoms with Crippen molar-refractivity contribution in [2.45, 2.75) is 108 Å². The Labute approximate surface area is 207 Å². The van der Waals surface area contributed by atoms with E-state index < -0.39 is 39.8 Å². The topological polar surface area (TPSA) is 117 Å². The SMILES string of the molecule is C[C@H]1C[C@H](C(C)(O)[C@H]2CC[C@@]3(O)[C@@H]4[C@@H]5O[C@@H]5[C@@]5(O)CC=CC(=O)[C@]5(C)[C@H]4CC[C@]23C)OC(=O)[C@@H]1C. The molecule has 0 amide bonds. The minimum absolute atomic E-state index is 0.0822. The van der Waals surface area contributed by atoms with Crippen molar-refractivity contribution in [2.24, 2.45) is 40.4 Å². The molecule has 5 fully saturated rings. The van der Waals surface area contributed by atoms with Gasteiger partial charge in [0.15, 0.2) is 5.78 Å². The van der Waals surface area contributed by atoms with Crippen molar-refractivity contribution in [3.8, 4) is 0 Å². The summed E-state index contributed by atoms with van der Waals surface area (Å²) in [7, 11) is 0. The molecule has 0 spiro atoms. The summed E-state index contributed by atoms with van der Waals surface area (Å²) in [4.78, 5) is 25.8. The van der Waals surface area contributed by atoms with Crippen LogP contribution in [0.4, 0.5) is 0 Å². The molecule has 2 saturated heterocycles. The summed E-state index contributed by atoms with van der Waals surface area (Å²) in [5.41, 5.74) is -5.32. The van der Waals surface area contributed by atoms with E-state index in [1.54, 1.807) is 19.1 Å². The van der Waals surface area contributed by atoms with E-state index in [1.165, 1.54) is 0 Å². The Morgan fingerprint density at radius 1 is 1.09 bits per heavy atom. The van der Waals surface area contributed by atoms with Gasteiger partial charge in [-0.25, -0.2) is 0 Å². The summed E-state index contributed by atoms with van der Waals surface area (Å²) in [6.07, 6.45) is 5.33. The number of hydrogen-bond donors (Lipinski definition) is 3. The molecular weight excluding hydrogens is 448 g/mol. The molecule has 3 saturated carbocycles. The van der Waals surface area contributed by atoms with E-state index in [0.29, 0.717) is 38.5 Å². The number of epoxide rings is 1. The monoisotopic (exact) mass is 488 g/mol. The van der Waals surface area contributed by atoms with Crippen LogP contribution in [-0.4, -0.2) is 62.2 Å². The predicted molar refractivity (Wildman–Crippen MR) is 126 cm³/mol. The first-order valence-corrected chi connectivity index (χ1v) is 13.5. The third-order valence-corrected chi connectivity index (χ3v) is 12.2. The molecule has 0 radical (unpaired) electrons. The molecule has 0 bridgehead atoms. The fourth-order valence-electron chi connectivity index (χ4n) is 9.55. The van der Waals surface area contributed by atoms with Gasteiger partial charge < -0.3 is 24.8 Å². The van der Waals surface area contributed by atoms with E-state index >= 15 is 0 Å². The zero-order valence-electron chi connectivity index (χ0n) is 21.5. The molecule has 6 aliphatic rings. The standard InChI is InChI=1S/C28H40O7/c1-14-13-19(34-23(30)15(14)2)26(5,31)17-9-12-27(32)20-16(8-11-24(17,27)3)25(4)18(29)7-6-10-28(25,33)22-21(20)35-22/h6-7,14-17,19-22,31-33H,8-13H2,1-5H3/t14-,15+,16-,17-,19+,20-,21-,22-,24+,25-,26?,27+,28-/m0/s1. The number of esters is 1. The van der Waals surface area contributed by atoms with Crippen molar-refractivity contribution >= 4 is 11.8 Å². The number of aliphatic hydroxyl groups is 3. The molecule has 1 unspecified atom stereocenters. The van der Waals surface area contributed by atoms with E-state index in [9.17, 15) is 24.9 Å². The van der Waals surface area contributed by atoms with Crippen LogP contribution in [0.2, 0.25) is 0 Å². The zero-order chi connectivity index (χ0) is 25.3. The maximum Gasteiger partial charge on any atom is 0.309 e. The molecule has 0 aromatic heterocycles. The number of allylic oxidation sites excluding steroid dienone is 1. The van der Waals surface area contributed by atoms with Crippen LogP contribution in [0.5, 0.6) is 0 Å². The maximum atomic E-state index is 13.3. The minimum Gasteiger partial charge on any atom is -0.459 e. The molecule has 2 heterocycles. The normalized spacial score (nSPS) is 58.4. The van der Waals surface area contributed by atoms with Crippen molar-refractivity contribution in [2.75, 3.05) is 0 Å². The van der Waals surface area contributed by atoms with Crippen LogP contribution >= 0.6 is 0 Å². The van der Waals surface area contributed by atoms with Crippen molar-refractivity contribution in [3.05, 3.63) is 12.2 Å². The second kappa shape index (κ2) is 6.97. The summed E-state index contributed by atoms with van der Waals surface area (Å²) in [5.74, 6) is -1.20. The average molecular weight is 489 g/mol. The number of fused-ring (bicyclic) bond motifs is 8. The number of ketones is 1. The first-order chi connectivity index (χ1) is 16.2. The summed E-state index contributed by atoms with van der Waals surface area (Å²) < 4.78 is 11.9. The van der Waals surface area contributed by atoms with Crippen molar-refractivity contribution in [1.82, 2.24) is 0 Å². The Hall–Kier alpha value is -1.28. The van der Waals surface area contributed by atoms with E-state index in [1.807, 2.05) is 20.8 Å². The molecule has 2 aliphatic heterocycles. The highest BCUT2D eigenvalue weighted by Gasteiger charge is 2.81. The molecule has 6 rings (SSSR count). The Balaban J connectivity index is 1.36. The largest absolute Gasteiger partial charge is 0.459 e. The highest BCUT2D eigenvalue weighted by Crippen LogP contribution is 2.73. The van der Waals surface area contributed by atoms with Gasteiger partial charge in [-0.3, -0.25) is 9.59 Å². The van der Waals surface area contributed by atoms with E-state index in [-0.39, 0.29) is 47.4 Å². The van der Waals surface area contributed by atoms with Gasteiger partial charge in [0, 0.05) is 11.3 Å². The zero-order valence-corrected chi connectivity index (χ0v) is 21.5. The van der Waals surface area contributed by atoms with Gasteiger partial charge in [-0.15, -0.1) is 0 Å². The molecule has 7 nitrogen and oxygen atoms in total. The molecule has 3 N–H and O–H groups in total. The second-order valence-corrected chi connectivity index (χ2v) is 13.4. The van der Waals surface area contributed by atoms with Crippen LogP contribution in [0.25, 0.3) is 0 Å². The minimum atomic E-state index is -1.29.